The number of imide groups is 1. The van der Waals surface area contributed by atoms with Gasteiger partial charge in [-0.2, -0.15) is 0 Å². The predicted octanol–water partition coefficient (Wildman–Crippen LogP) is 3.21. The summed E-state index contributed by atoms with van der Waals surface area (Å²) in [6.07, 6.45) is 1.35. The molecule has 6 nitrogen and oxygen atoms in total. The number of para-hydroxylation sites is 1. The predicted molar refractivity (Wildman–Crippen MR) is 114 cm³/mol. The Labute approximate surface area is 177 Å². The van der Waals surface area contributed by atoms with Gasteiger partial charge in [0.15, 0.2) is 0 Å². The van der Waals surface area contributed by atoms with E-state index in [2.05, 4.69) is 4.90 Å². The standard InChI is InChI=1S/C22H20FN3O3S/c23-18-9-5-4-6-16(18)14-19-21(28)26(22(29)30-19)15-20(27)25-12-10-24(11-13-25)17-7-2-1-3-8-17/h1-9,14H,10-13,15H2/b19-14-. The van der Waals surface area contributed by atoms with E-state index in [9.17, 15) is 18.8 Å². The van der Waals surface area contributed by atoms with Gasteiger partial charge in [-0.15, -0.1) is 0 Å². The lowest BCUT2D eigenvalue weighted by molar-refractivity contribution is -0.136. The van der Waals surface area contributed by atoms with E-state index >= 15 is 0 Å². The lowest BCUT2D eigenvalue weighted by atomic mass is 10.2. The smallest absolute Gasteiger partial charge is 0.294 e. The summed E-state index contributed by atoms with van der Waals surface area (Å²) in [5, 5.41) is -0.515. The molecular formula is C22H20FN3O3S. The van der Waals surface area contributed by atoms with Crippen LogP contribution in [0.2, 0.25) is 0 Å². The molecule has 0 radical (unpaired) electrons. The number of piperazine rings is 1. The van der Waals surface area contributed by atoms with E-state index in [1.165, 1.54) is 18.2 Å². The highest BCUT2D eigenvalue weighted by Crippen LogP contribution is 2.32. The first-order valence-electron chi connectivity index (χ1n) is 9.60. The molecule has 0 unspecified atom stereocenters. The summed E-state index contributed by atoms with van der Waals surface area (Å²) in [4.78, 5) is 42.5. The van der Waals surface area contributed by atoms with Crippen LogP contribution in [-0.2, 0) is 9.59 Å². The van der Waals surface area contributed by atoms with Crippen molar-refractivity contribution in [1.29, 1.82) is 0 Å². The fraction of sp³-hybridized carbons (Fsp3) is 0.227. The molecule has 8 heteroatoms. The number of anilines is 1. The average Bonchev–Trinajstić information content (AvgIpc) is 3.03. The number of hydrogen-bond donors (Lipinski definition) is 0. The third-order valence-corrected chi connectivity index (χ3v) is 6.02. The fourth-order valence-electron chi connectivity index (χ4n) is 3.46. The van der Waals surface area contributed by atoms with Gasteiger partial charge in [-0.1, -0.05) is 36.4 Å². The molecule has 0 bridgehead atoms. The van der Waals surface area contributed by atoms with Gasteiger partial charge in [-0.05, 0) is 36.0 Å². The van der Waals surface area contributed by atoms with Crippen molar-refractivity contribution in [2.45, 2.75) is 0 Å². The Morgan fingerprint density at radius 2 is 1.63 bits per heavy atom. The lowest BCUT2D eigenvalue weighted by Crippen LogP contribution is -2.51. The molecule has 2 fully saturated rings. The van der Waals surface area contributed by atoms with Crippen molar-refractivity contribution < 1.29 is 18.8 Å². The molecule has 4 rings (SSSR count). The summed E-state index contributed by atoms with van der Waals surface area (Å²) in [5.74, 6) is -1.31. The monoisotopic (exact) mass is 425 g/mol. The number of amides is 3. The molecule has 0 atom stereocenters. The zero-order valence-electron chi connectivity index (χ0n) is 16.2. The van der Waals surface area contributed by atoms with E-state index in [0.29, 0.717) is 26.2 Å². The largest absolute Gasteiger partial charge is 0.368 e. The van der Waals surface area contributed by atoms with Crippen molar-refractivity contribution in [2.24, 2.45) is 0 Å². The number of nitrogens with zero attached hydrogens (tertiary/aromatic N) is 3. The van der Waals surface area contributed by atoms with E-state index in [0.717, 1.165) is 22.3 Å². The van der Waals surface area contributed by atoms with Crippen LogP contribution in [0.1, 0.15) is 5.56 Å². The Balaban J connectivity index is 1.37. The summed E-state index contributed by atoms with van der Waals surface area (Å²) in [7, 11) is 0. The van der Waals surface area contributed by atoms with Crippen molar-refractivity contribution in [3.8, 4) is 0 Å². The molecule has 2 aliphatic heterocycles. The molecule has 0 saturated carbocycles. The molecule has 2 saturated heterocycles. The first-order valence-corrected chi connectivity index (χ1v) is 10.4. The average molecular weight is 425 g/mol. The van der Waals surface area contributed by atoms with Crippen LogP contribution in [0.15, 0.2) is 59.5 Å². The highest BCUT2D eigenvalue weighted by molar-refractivity contribution is 8.18. The SMILES string of the molecule is O=C(CN1C(=O)S/C(=C\c2ccccc2F)C1=O)N1CCN(c2ccccc2)CC1. The minimum absolute atomic E-state index is 0.117. The van der Waals surface area contributed by atoms with Crippen LogP contribution in [0.4, 0.5) is 14.9 Å². The molecule has 0 aromatic heterocycles. The maximum Gasteiger partial charge on any atom is 0.294 e. The van der Waals surface area contributed by atoms with Gasteiger partial charge in [0.1, 0.15) is 12.4 Å². The zero-order valence-corrected chi connectivity index (χ0v) is 17.0. The van der Waals surface area contributed by atoms with Crippen LogP contribution >= 0.6 is 11.8 Å². The molecule has 2 aromatic carbocycles. The van der Waals surface area contributed by atoms with E-state index in [1.54, 1.807) is 17.0 Å². The first-order chi connectivity index (χ1) is 14.5. The second kappa shape index (κ2) is 8.71. The van der Waals surface area contributed by atoms with Gasteiger partial charge < -0.3 is 9.80 Å². The molecule has 154 valence electrons. The normalized spacial score (nSPS) is 18.4. The van der Waals surface area contributed by atoms with Gasteiger partial charge in [0.05, 0.1) is 4.91 Å². The maximum absolute atomic E-state index is 13.8. The highest BCUT2D eigenvalue weighted by Gasteiger charge is 2.37. The van der Waals surface area contributed by atoms with Gasteiger partial charge >= 0.3 is 0 Å². The maximum atomic E-state index is 13.8. The van der Waals surface area contributed by atoms with Crippen LogP contribution in [-0.4, -0.2) is 59.6 Å². The van der Waals surface area contributed by atoms with Crippen LogP contribution in [0.3, 0.4) is 0 Å². The Bertz CT molecular complexity index is 1000. The molecule has 3 amide bonds. The number of carbonyl (C=O) groups is 3. The van der Waals surface area contributed by atoms with Crippen LogP contribution in [0, 0.1) is 5.82 Å². The van der Waals surface area contributed by atoms with E-state index in [-0.39, 0.29) is 22.9 Å². The summed E-state index contributed by atoms with van der Waals surface area (Å²) in [6, 6.07) is 16.0. The number of benzene rings is 2. The molecule has 2 heterocycles. The summed E-state index contributed by atoms with van der Waals surface area (Å²) < 4.78 is 13.8. The van der Waals surface area contributed by atoms with Gasteiger partial charge in [0, 0.05) is 37.4 Å². The summed E-state index contributed by atoms with van der Waals surface area (Å²) in [5.41, 5.74) is 1.33. The number of halogens is 1. The number of thioether (sulfide) groups is 1. The summed E-state index contributed by atoms with van der Waals surface area (Å²) in [6.45, 7) is 2.12. The highest BCUT2D eigenvalue weighted by atomic mass is 32.2. The first kappa shape index (κ1) is 20.2. The lowest BCUT2D eigenvalue weighted by Gasteiger charge is -2.36. The fourth-order valence-corrected chi connectivity index (χ4v) is 4.29. The Hall–Kier alpha value is -3.13. The quantitative estimate of drug-likeness (QED) is 0.704. The van der Waals surface area contributed by atoms with E-state index in [1.807, 2.05) is 30.3 Å². The minimum atomic E-state index is -0.565. The molecule has 2 aliphatic rings. The van der Waals surface area contributed by atoms with Crippen molar-refractivity contribution in [3.05, 3.63) is 70.9 Å². The second-order valence-corrected chi connectivity index (χ2v) is 7.99. The number of rotatable bonds is 4. The van der Waals surface area contributed by atoms with E-state index in [4.69, 9.17) is 0 Å². The third-order valence-electron chi connectivity index (χ3n) is 5.11. The molecule has 2 aromatic rings. The zero-order chi connectivity index (χ0) is 21.1. The van der Waals surface area contributed by atoms with E-state index < -0.39 is 17.0 Å². The van der Waals surface area contributed by atoms with Gasteiger partial charge in [-0.25, -0.2) is 4.39 Å². The third kappa shape index (κ3) is 4.23. The van der Waals surface area contributed by atoms with Crippen molar-refractivity contribution in [2.75, 3.05) is 37.6 Å². The molecular weight excluding hydrogens is 405 g/mol. The van der Waals surface area contributed by atoms with Crippen molar-refractivity contribution >= 4 is 40.6 Å². The van der Waals surface area contributed by atoms with Crippen LogP contribution in [0.5, 0.6) is 0 Å². The summed E-state index contributed by atoms with van der Waals surface area (Å²) >= 11 is 0.725. The van der Waals surface area contributed by atoms with Gasteiger partial charge in [-0.3, -0.25) is 19.3 Å². The Morgan fingerprint density at radius 3 is 2.33 bits per heavy atom. The van der Waals surface area contributed by atoms with Gasteiger partial charge in [0.25, 0.3) is 11.1 Å². The molecule has 0 aliphatic carbocycles. The minimum Gasteiger partial charge on any atom is -0.368 e. The molecule has 30 heavy (non-hydrogen) atoms. The second-order valence-electron chi connectivity index (χ2n) is 6.99. The Morgan fingerprint density at radius 1 is 0.967 bits per heavy atom. The Kier molecular flexibility index (Phi) is 5.85. The van der Waals surface area contributed by atoms with Crippen molar-refractivity contribution in [1.82, 2.24) is 9.80 Å². The molecule has 0 spiro atoms. The number of hydrogen-bond acceptors (Lipinski definition) is 5. The number of carbonyl (C=O) groups excluding carboxylic acids is 3. The van der Waals surface area contributed by atoms with Crippen LogP contribution < -0.4 is 4.90 Å². The van der Waals surface area contributed by atoms with Crippen molar-refractivity contribution in [3.63, 3.8) is 0 Å². The molecule has 0 N–H and O–H groups in total. The topological polar surface area (TPSA) is 60.9 Å². The van der Waals surface area contributed by atoms with Crippen LogP contribution in [0.25, 0.3) is 6.08 Å². The van der Waals surface area contributed by atoms with Gasteiger partial charge in [0.2, 0.25) is 5.91 Å².